The molecular formula is C6H12N4O2. The van der Waals surface area contributed by atoms with Crippen LogP contribution in [0.25, 0.3) is 0 Å². The van der Waals surface area contributed by atoms with Crippen LogP contribution in [0.4, 0.5) is 9.59 Å². The van der Waals surface area contributed by atoms with E-state index in [4.69, 9.17) is 0 Å². The Morgan fingerprint density at radius 1 is 1.42 bits per heavy atom. The molecule has 12 heavy (non-hydrogen) atoms. The Balaban J connectivity index is 3.53. The molecule has 0 aliphatic heterocycles. The van der Waals surface area contributed by atoms with Crippen molar-refractivity contribution in [1.29, 1.82) is 0 Å². The van der Waals surface area contributed by atoms with E-state index in [0.29, 0.717) is 6.54 Å². The molecule has 0 atom stereocenters. The summed E-state index contributed by atoms with van der Waals surface area (Å²) >= 11 is 0. The molecule has 0 aliphatic carbocycles. The van der Waals surface area contributed by atoms with Crippen LogP contribution >= 0.6 is 0 Å². The number of carbonyl (C=O) groups excluding carboxylic acids is 2. The minimum atomic E-state index is -0.972. The zero-order chi connectivity index (χ0) is 9.40. The molecule has 0 aliphatic rings. The Labute approximate surface area is 70.2 Å². The van der Waals surface area contributed by atoms with Crippen molar-refractivity contribution in [3.63, 3.8) is 0 Å². The van der Waals surface area contributed by atoms with Gasteiger partial charge in [0, 0.05) is 6.54 Å². The topological polar surface area (TPSA) is 96.9 Å². The van der Waals surface area contributed by atoms with Crippen LogP contribution in [0.2, 0.25) is 0 Å². The molecule has 6 nitrogen and oxygen atoms in total. The van der Waals surface area contributed by atoms with Crippen molar-refractivity contribution in [2.75, 3.05) is 6.54 Å². The lowest BCUT2D eigenvalue weighted by molar-refractivity contribution is 0.244. The fourth-order valence-electron chi connectivity index (χ4n) is 0.502. The second-order valence-electron chi connectivity index (χ2n) is 2.12. The summed E-state index contributed by atoms with van der Waals surface area (Å²) in [5.41, 5.74) is 4.62. The first-order valence-corrected chi connectivity index (χ1v) is 3.65. The molecule has 3 N–H and O–H groups in total. The van der Waals surface area contributed by atoms with E-state index in [1.165, 1.54) is 0 Å². The van der Waals surface area contributed by atoms with E-state index in [2.05, 4.69) is 21.3 Å². The number of unbranched alkanes of at least 4 members (excludes halogenated alkanes) is 1. The van der Waals surface area contributed by atoms with E-state index in [-0.39, 0.29) is 0 Å². The number of nitrogens with zero attached hydrogens (tertiary/aromatic N) is 2. The number of hydrogen-bond acceptors (Lipinski definition) is 2. The highest BCUT2D eigenvalue weighted by atomic mass is 16.2. The smallest absolute Gasteiger partial charge is 0.348 e. The highest BCUT2D eigenvalue weighted by Gasteiger charge is 1.95. The summed E-state index contributed by atoms with van der Waals surface area (Å²) in [7, 11) is 0. The average Bonchev–Trinajstić information content (AvgIpc) is 2.01. The molecular weight excluding hydrogens is 160 g/mol. The standard InChI is InChI=1S/C6H12N4O2/c1-2-3-4-8-6(12)10-9-5(7)11/h2-4H2,1H3,(H2,7,11)(H,8,12). The van der Waals surface area contributed by atoms with Gasteiger partial charge in [-0.3, -0.25) is 0 Å². The normalized spacial score (nSPS) is 10.1. The monoisotopic (exact) mass is 172 g/mol. The third kappa shape index (κ3) is 6.66. The number of amides is 4. The van der Waals surface area contributed by atoms with Gasteiger partial charge in [0.15, 0.2) is 0 Å². The lowest BCUT2D eigenvalue weighted by Crippen LogP contribution is -2.20. The summed E-state index contributed by atoms with van der Waals surface area (Å²) in [6, 6.07) is -1.61. The molecule has 0 bridgehead atoms. The first-order chi connectivity index (χ1) is 5.66. The van der Waals surface area contributed by atoms with Gasteiger partial charge in [-0.05, 0) is 6.42 Å². The number of azo groups is 1. The Morgan fingerprint density at radius 3 is 2.58 bits per heavy atom. The molecule has 0 fully saturated rings. The molecule has 0 heterocycles. The maximum Gasteiger partial charge on any atom is 0.359 e. The molecule has 4 amide bonds. The minimum absolute atomic E-state index is 0.535. The minimum Gasteiger partial charge on any atom is -0.348 e. The van der Waals surface area contributed by atoms with Crippen molar-refractivity contribution in [2.45, 2.75) is 19.8 Å². The van der Waals surface area contributed by atoms with E-state index in [1.54, 1.807) is 0 Å². The maximum atomic E-state index is 10.6. The van der Waals surface area contributed by atoms with Crippen molar-refractivity contribution in [3.8, 4) is 0 Å². The third-order valence-electron chi connectivity index (χ3n) is 1.05. The third-order valence-corrected chi connectivity index (χ3v) is 1.05. The van der Waals surface area contributed by atoms with Crippen LogP contribution in [-0.4, -0.2) is 18.6 Å². The van der Waals surface area contributed by atoms with Gasteiger partial charge in [-0.2, -0.15) is 0 Å². The van der Waals surface area contributed by atoms with Crippen LogP contribution in [-0.2, 0) is 0 Å². The summed E-state index contributed by atoms with van der Waals surface area (Å²) in [5.74, 6) is 0. The number of hydrogen-bond donors (Lipinski definition) is 2. The van der Waals surface area contributed by atoms with Gasteiger partial charge in [-0.25, -0.2) is 9.59 Å². The van der Waals surface area contributed by atoms with Crippen molar-refractivity contribution < 1.29 is 9.59 Å². The lowest BCUT2D eigenvalue weighted by atomic mass is 10.3. The summed E-state index contributed by atoms with van der Waals surface area (Å²) in [5, 5.41) is 8.28. The van der Waals surface area contributed by atoms with Crippen LogP contribution in [0.1, 0.15) is 19.8 Å². The van der Waals surface area contributed by atoms with Crippen molar-refractivity contribution in [1.82, 2.24) is 5.32 Å². The first-order valence-electron chi connectivity index (χ1n) is 3.65. The van der Waals surface area contributed by atoms with E-state index >= 15 is 0 Å². The van der Waals surface area contributed by atoms with Crippen LogP contribution in [0.15, 0.2) is 10.2 Å². The zero-order valence-electron chi connectivity index (χ0n) is 6.91. The summed E-state index contributed by atoms with van der Waals surface area (Å²) < 4.78 is 0. The van der Waals surface area contributed by atoms with E-state index in [1.807, 2.05) is 6.92 Å². The molecule has 0 aromatic carbocycles. The molecule has 0 unspecified atom stereocenters. The van der Waals surface area contributed by atoms with Gasteiger partial charge < -0.3 is 11.1 Å². The van der Waals surface area contributed by atoms with E-state index in [9.17, 15) is 9.59 Å². The molecule has 0 rings (SSSR count). The summed E-state index contributed by atoms with van der Waals surface area (Å²) in [6.45, 7) is 2.53. The van der Waals surface area contributed by atoms with Gasteiger partial charge in [-0.1, -0.05) is 23.6 Å². The van der Waals surface area contributed by atoms with E-state index < -0.39 is 12.1 Å². The molecule has 0 saturated heterocycles. The summed E-state index contributed by atoms with van der Waals surface area (Å²) in [6.07, 6.45) is 1.85. The molecule has 0 saturated carbocycles. The fourth-order valence-corrected chi connectivity index (χ4v) is 0.502. The van der Waals surface area contributed by atoms with Crippen molar-refractivity contribution >= 4 is 12.1 Å². The molecule has 0 spiro atoms. The van der Waals surface area contributed by atoms with Gasteiger partial charge >= 0.3 is 12.1 Å². The number of urea groups is 2. The SMILES string of the molecule is CCCCNC(=O)N=NC(N)=O. The van der Waals surface area contributed by atoms with Gasteiger partial charge in [0.1, 0.15) is 0 Å². The summed E-state index contributed by atoms with van der Waals surface area (Å²) in [4.78, 5) is 20.7. The van der Waals surface area contributed by atoms with Crippen molar-refractivity contribution in [2.24, 2.45) is 16.0 Å². The number of nitrogens with one attached hydrogen (secondary N) is 1. The number of nitrogens with two attached hydrogens (primary N) is 1. The largest absolute Gasteiger partial charge is 0.359 e. The lowest BCUT2D eigenvalue weighted by Gasteiger charge is -1.96. The van der Waals surface area contributed by atoms with E-state index in [0.717, 1.165) is 12.8 Å². The van der Waals surface area contributed by atoms with Gasteiger partial charge in [0.25, 0.3) is 0 Å². The fraction of sp³-hybridized carbons (Fsp3) is 0.667. The van der Waals surface area contributed by atoms with Gasteiger partial charge in [0.2, 0.25) is 0 Å². The van der Waals surface area contributed by atoms with Gasteiger partial charge in [-0.15, -0.1) is 0 Å². The quantitative estimate of drug-likeness (QED) is 0.491. The van der Waals surface area contributed by atoms with Crippen LogP contribution in [0, 0.1) is 0 Å². The Kier molecular flexibility index (Phi) is 5.50. The highest BCUT2D eigenvalue weighted by molar-refractivity contribution is 5.78. The number of primary amides is 1. The van der Waals surface area contributed by atoms with Crippen molar-refractivity contribution in [3.05, 3.63) is 0 Å². The van der Waals surface area contributed by atoms with Crippen LogP contribution < -0.4 is 11.1 Å². The molecule has 68 valence electrons. The van der Waals surface area contributed by atoms with Gasteiger partial charge in [0.05, 0.1) is 0 Å². The molecule has 0 aromatic heterocycles. The highest BCUT2D eigenvalue weighted by Crippen LogP contribution is 1.84. The number of carbonyl (C=O) groups is 2. The number of rotatable bonds is 3. The predicted molar refractivity (Wildman–Crippen MR) is 42.7 cm³/mol. The molecule has 0 radical (unpaired) electrons. The Hall–Kier alpha value is -1.46. The first kappa shape index (κ1) is 10.5. The second kappa shape index (κ2) is 6.26. The zero-order valence-corrected chi connectivity index (χ0v) is 6.91. The predicted octanol–water partition coefficient (Wildman–Crippen LogP) is 1.03. The molecule has 0 aromatic rings. The average molecular weight is 172 g/mol. The Morgan fingerprint density at radius 2 is 2.08 bits per heavy atom. The Bertz CT molecular complexity index is 190. The second-order valence-corrected chi connectivity index (χ2v) is 2.12. The maximum absolute atomic E-state index is 10.6. The van der Waals surface area contributed by atoms with Crippen LogP contribution in [0.5, 0.6) is 0 Å². The molecule has 6 heteroatoms. The van der Waals surface area contributed by atoms with Crippen LogP contribution in [0.3, 0.4) is 0 Å².